The average Bonchev–Trinajstić information content (AvgIpc) is 2.65. The maximum absolute atomic E-state index is 12.7. The molecule has 134 valence electrons. The van der Waals surface area contributed by atoms with Crippen LogP contribution in [0.15, 0.2) is 54.1 Å². The minimum Gasteiger partial charge on any atom is -0.508 e. The highest BCUT2D eigenvalue weighted by Crippen LogP contribution is 2.35. The Morgan fingerprint density at radius 3 is 2.38 bits per heavy atom. The number of rotatable bonds is 6. The Labute approximate surface area is 155 Å². The van der Waals surface area contributed by atoms with Crippen LogP contribution in [0.3, 0.4) is 0 Å². The van der Waals surface area contributed by atoms with Gasteiger partial charge in [0.15, 0.2) is 0 Å². The number of aromatic hydroxyl groups is 1. The van der Waals surface area contributed by atoms with Crippen LogP contribution in [0.1, 0.15) is 33.9 Å². The molecule has 0 amide bonds. The van der Waals surface area contributed by atoms with Crippen LogP contribution in [-0.4, -0.2) is 34.2 Å². The Kier molecular flexibility index (Phi) is 5.40. The highest BCUT2D eigenvalue weighted by atomic mass is 35.5. The molecule has 0 saturated heterocycles. The molecule has 0 aliphatic heterocycles. The van der Waals surface area contributed by atoms with E-state index >= 15 is 0 Å². The third kappa shape index (κ3) is 3.36. The van der Waals surface area contributed by atoms with Gasteiger partial charge in [0.2, 0.25) is 11.6 Å². The summed E-state index contributed by atoms with van der Waals surface area (Å²) in [5, 5.41) is 23.7. The average molecular weight is 372 g/mol. The standard InChI is InChI=1S/C20H18ClNO4/c21-9-4-10-22-17(12-5-3-6-13(23)11-12)16-18(24)14-7-1-2-8-15(14)19(25)20(16)26/h1-3,5-8,11,17,22-24H,4,9-10H2. The van der Waals surface area contributed by atoms with Gasteiger partial charge in [-0.05, 0) is 30.7 Å². The Hall–Kier alpha value is -2.63. The summed E-state index contributed by atoms with van der Waals surface area (Å²) in [6.07, 6.45) is 0.642. The van der Waals surface area contributed by atoms with Crippen LogP contribution in [0.2, 0.25) is 0 Å². The van der Waals surface area contributed by atoms with Crippen molar-refractivity contribution in [3.8, 4) is 5.75 Å². The zero-order valence-corrected chi connectivity index (χ0v) is 14.7. The Balaban J connectivity index is 2.13. The lowest BCUT2D eigenvalue weighted by atomic mass is 9.83. The molecule has 2 aromatic carbocycles. The fraction of sp³-hybridized carbons (Fsp3) is 0.200. The van der Waals surface area contributed by atoms with Gasteiger partial charge in [0, 0.05) is 17.0 Å². The molecular weight excluding hydrogens is 354 g/mol. The van der Waals surface area contributed by atoms with Gasteiger partial charge in [-0.2, -0.15) is 0 Å². The van der Waals surface area contributed by atoms with Crippen molar-refractivity contribution < 1.29 is 19.8 Å². The molecule has 0 aromatic heterocycles. The number of hydrogen-bond acceptors (Lipinski definition) is 5. The second-order valence-electron chi connectivity index (χ2n) is 5.99. The number of nitrogens with one attached hydrogen (secondary N) is 1. The number of carbonyl (C=O) groups excluding carboxylic acids is 2. The largest absolute Gasteiger partial charge is 0.508 e. The molecule has 1 unspecified atom stereocenters. The highest BCUT2D eigenvalue weighted by Gasteiger charge is 2.37. The molecule has 0 radical (unpaired) electrons. The van der Waals surface area contributed by atoms with E-state index in [-0.39, 0.29) is 22.6 Å². The van der Waals surface area contributed by atoms with Crippen LogP contribution in [0, 0.1) is 0 Å². The van der Waals surface area contributed by atoms with E-state index in [9.17, 15) is 19.8 Å². The molecule has 0 heterocycles. The van der Waals surface area contributed by atoms with E-state index in [1.807, 2.05) is 0 Å². The third-order valence-corrected chi connectivity index (χ3v) is 4.55. The van der Waals surface area contributed by atoms with Crippen molar-refractivity contribution in [2.24, 2.45) is 0 Å². The first-order valence-corrected chi connectivity index (χ1v) is 8.78. The van der Waals surface area contributed by atoms with Crippen molar-refractivity contribution in [1.29, 1.82) is 0 Å². The topological polar surface area (TPSA) is 86.6 Å². The van der Waals surface area contributed by atoms with Crippen LogP contribution >= 0.6 is 11.6 Å². The van der Waals surface area contributed by atoms with Gasteiger partial charge in [-0.3, -0.25) is 9.59 Å². The second kappa shape index (κ2) is 7.72. The van der Waals surface area contributed by atoms with E-state index < -0.39 is 17.6 Å². The van der Waals surface area contributed by atoms with Crippen LogP contribution in [-0.2, 0) is 4.79 Å². The van der Waals surface area contributed by atoms with Gasteiger partial charge in [-0.25, -0.2) is 0 Å². The van der Waals surface area contributed by atoms with Gasteiger partial charge >= 0.3 is 0 Å². The molecule has 1 atom stereocenters. The number of alkyl halides is 1. The summed E-state index contributed by atoms with van der Waals surface area (Å²) < 4.78 is 0. The number of halogens is 1. The normalized spacial score (nSPS) is 15.1. The van der Waals surface area contributed by atoms with E-state index in [1.165, 1.54) is 18.2 Å². The van der Waals surface area contributed by atoms with E-state index in [4.69, 9.17) is 11.6 Å². The minimum atomic E-state index is -0.757. The lowest BCUT2D eigenvalue weighted by Crippen LogP contribution is -2.34. The lowest BCUT2D eigenvalue weighted by Gasteiger charge is -2.26. The number of fused-ring (bicyclic) bond motifs is 1. The van der Waals surface area contributed by atoms with Crippen molar-refractivity contribution in [2.45, 2.75) is 12.5 Å². The van der Waals surface area contributed by atoms with Crippen molar-refractivity contribution in [2.75, 3.05) is 12.4 Å². The van der Waals surface area contributed by atoms with E-state index in [0.29, 0.717) is 30.0 Å². The number of aliphatic hydroxyl groups excluding tert-OH is 1. The second-order valence-corrected chi connectivity index (χ2v) is 6.37. The van der Waals surface area contributed by atoms with E-state index in [1.54, 1.807) is 30.3 Å². The third-order valence-electron chi connectivity index (χ3n) is 4.28. The molecule has 5 nitrogen and oxygen atoms in total. The van der Waals surface area contributed by atoms with Gasteiger partial charge in [0.25, 0.3) is 0 Å². The zero-order chi connectivity index (χ0) is 18.7. The fourth-order valence-corrected chi connectivity index (χ4v) is 3.19. The maximum Gasteiger partial charge on any atom is 0.235 e. The molecule has 3 rings (SSSR count). The quantitative estimate of drug-likeness (QED) is 0.411. The van der Waals surface area contributed by atoms with Gasteiger partial charge < -0.3 is 15.5 Å². The number of benzene rings is 2. The predicted molar refractivity (Wildman–Crippen MR) is 99.5 cm³/mol. The summed E-state index contributed by atoms with van der Waals surface area (Å²) in [5.74, 6) is -1.18. The zero-order valence-electron chi connectivity index (χ0n) is 13.9. The molecule has 0 saturated carbocycles. The smallest absolute Gasteiger partial charge is 0.235 e. The van der Waals surface area contributed by atoms with Crippen LogP contribution in [0.4, 0.5) is 0 Å². The summed E-state index contributed by atoms with van der Waals surface area (Å²) in [5.41, 5.74) is 1.07. The van der Waals surface area contributed by atoms with Crippen molar-refractivity contribution in [3.05, 3.63) is 70.8 Å². The summed E-state index contributed by atoms with van der Waals surface area (Å²) in [7, 11) is 0. The Morgan fingerprint density at radius 2 is 1.69 bits per heavy atom. The monoisotopic (exact) mass is 371 g/mol. The summed E-state index contributed by atoms with van der Waals surface area (Å²) in [4.78, 5) is 25.2. The lowest BCUT2D eigenvalue weighted by molar-refractivity contribution is -0.112. The fourth-order valence-electron chi connectivity index (χ4n) is 3.06. The Bertz CT molecular complexity index is 891. The van der Waals surface area contributed by atoms with Gasteiger partial charge in [-0.15, -0.1) is 11.6 Å². The summed E-state index contributed by atoms with van der Waals surface area (Å²) in [6.45, 7) is 0.476. The Morgan fingerprint density at radius 1 is 0.962 bits per heavy atom. The van der Waals surface area contributed by atoms with Gasteiger partial charge in [0.05, 0.1) is 11.6 Å². The van der Waals surface area contributed by atoms with Crippen LogP contribution < -0.4 is 5.32 Å². The molecule has 0 fully saturated rings. The maximum atomic E-state index is 12.7. The molecule has 3 N–H and O–H groups in total. The van der Waals surface area contributed by atoms with Crippen LogP contribution in [0.5, 0.6) is 5.75 Å². The molecule has 1 aliphatic rings. The molecule has 6 heteroatoms. The number of Topliss-reactive ketones (excluding diaryl/α,β-unsaturated/α-hetero) is 2. The number of carbonyl (C=O) groups is 2. The number of ketones is 2. The summed E-state index contributed by atoms with van der Waals surface area (Å²) >= 11 is 5.73. The van der Waals surface area contributed by atoms with E-state index in [2.05, 4.69) is 5.32 Å². The number of phenols is 1. The highest BCUT2D eigenvalue weighted by molar-refractivity contribution is 6.52. The molecule has 26 heavy (non-hydrogen) atoms. The minimum absolute atomic E-state index is 0.0196. The first-order valence-electron chi connectivity index (χ1n) is 8.24. The molecule has 1 aliphatic carbocycles. The van der Waals surface area contributed by atoms with Crippen molar-refractivity contribution >= 4 is 28.9 Å². The molecule has 0 bridgehead atoms. The van der Waals surface area contributed by atoms with Crippen molar-refractivity contribution in [1.82, 2.24) is 5.32 Å². The first kappa shape index (κ1) is 18.2. The molecule has 0 spiro atoms. The van der Waals surface area contributed by atoms with Gasteiger partial charge in [-0.1, -0.05) is 36.4 Å². The first-order chi connectivity index (χ1) is 12.5. The number of hydrogen-bond donors (Lipinski definition) is 3. The SMILES string of the molecule is O=C1C(=O)c2ccccc2C(O)=C1C(NCCCCl)c1cccc(O)c1. The molecular formula is C20H18ClNO4. The number of phenolic OH excluding ortho intramolecular Hbond substituents is 1. The van der Waals surface area contributed by atoms with E-state index in [0.717, 1.165) is 0 Å². The number of aliphatic hydroxyl groups is 1. The molecule has 2 aromatic rings. The summed E-state index contributed by atoms with van der Waals surface area (Å²) in [6, 6.07) is 12.1. The predicted octanol–water partition coefficient (Wildman–Crippen LogP) is 3.39. The van der Waals surface area contributed by atoms with Crippen molar-refractivity contribution in [3.63, 3.8) is 0 Å². The van der Waals surface area contributed by atoms with Gasteiger partial charge in [0.1, 0.15) is 11.5 Å². The van der Waals surface area contributed by atoms with Crippen LogP contribution in [0.25, 0.3) is 5.76 Å².